The highest BCUT2D eigenvalue weighted by atomic mass is 35.5. The fourth-order valence-corrected chi connectivity index (χ4v) is 6.73. The first-order chi connectivity index (χ1) is 19.4. The van der Waals surface area contributed by atoms with Crippen LogP contribution in [0.4, 0.5) is 17.5 Å². The van der Waals surface area contributed by atoms with Crippen molar-refractivity contribution in [1.29, 1.82) is 0 Å². The van der Waals surface area contributed by atoms with Crippen molar-refractivity contribution in [3.63, 3.8) is 0 Å². The van der Waals surface area contributed by atoms with Gasteiger partial charge in [0.1, 0.15) is 5.82 Å². The molecule has 0 aliphatic heterocycles. The Bertz CT molecular complexity index is 1760. The second-order valence-corrected chi connectivity index (χ2v) is 12.4. The van der Waals surface area contributed by atoms with Gasteiger partial charge >= 0.3 is 0 Å². The smallest absolute Gasteiger partial charge is 0.240 e. The molecule has 5 aromatic rings. The van der Waals surface area contributed by atoms with Gasteiger partial charge in [0, 0.05) is 28.7 Å². The number of nitrogens with zero attached hydrogens (tertiary/aromatic N) is 2. The topological polar surface area (TPSA) is 96.0 Å². The van der Waals surface area contributed by atoms with Gasteiger partial charge in [-0.25, -0.2) is 18.1 Å². The largest absolute Gasteiger partial charge is 0.354 e. The maximum Gasteiger partial charge on any atom is 0.240 e. The summed E-state index contributed by atoms with van der Waals surface area (Å²) in [6.45, 7) is 0.725. The molecule has 212 valence electrons. The fraction of sp³-hybridized carbons (Fsp3) is 0.226. The van der Waals surface area contributed by atoms with E-state index < -0.39 is 10.0 Å². The number of rotatable bonds is 8. The third-order valence-corrected chi connectivity index (χ3v) is 9.23. The molecule has 0 radical (unpaired) electrons. The molecule has 10 heteroatoms. The van der Waals surface area contributed by atoms with E-state index in [1.165, 1.54) is 0 Å². The molecular weight excluding hydrogens is 577 g/mol. The number of halogens is 2. The third kappa shape index (κ3) is 6.90. The van der Waals surface area contributed by atoms with Crippen molar-refractivity contribution in [1.82, 2.24) is 14.7 Å². The molecule has 1 saturated carbocycles. The van der Waals surface area contributed by atoms with Crippen LogP contribution in [0.15, 0.2) is 95.9 Å². The van der Waals surface area contributed by atoms with Crippen molar-refractivity contribution in [2.45, 2.75) is 36.6 Å². The molecule has 41 heavy (non-hydrogen) atoms. The van der Waals surface area contributed by atoms with Crippen molar-refractivity contribution in [2.24, 2.45) is 5.92 Å². The molecule has 0 atom stereocenters. The van der Waals surface area contributed by atoms with Gasteiger partial charge in [0.05, 0.1) is 10.4 Å². The quantitative estimate of drug-likeness (QED) is 0.168. The van der Waals surface area contributed by atoms with Gasteiger partial charge in [-0.1, -0.05) is 54.1 Å². The average molecular weight is 609 g/mol. The summed E-state index contributed by atoms with van der Waals surface area (Å²) in [7, 11) is -3.58. The second kappa shape index (κ2) is 12.6. The molecule has 3 N–H and O–H groups in total. The predicted molar refractivity (Wildman–Crippen MR) is 170 cm³/mol. The molecule has 7 nitrogen and oxygen atoms in total. The van der Waals surface area contributed by atoms with Crippen molar-refractivity contribution in [3.05, 3.63) is 96.0 Å². The van der Waals surface area contributed by atoms with Crippen LogP contribution in [-0.4, -0.2) is 31.0 Å². The van der Waals surface area contributed by atoms with E-state index in [4.69, 9.17) is 21.6 Å². The van der Waals surface area contributed by atoms with Crippen LogP contribution in [0.3, 0.4) is 0 Å². The first kappa shape index (κ1) is 29.1. The number of fused-ring (bicyclic) bond motifs is 2. The van der Waals surface area contributed by atoms with Crippen LogP contribution in [0.2, 0.25) is 5.02 Å². The van der Waals surface area contributed by atoms with Gasteiger partial charge in [-0.15, -0.1) is 12.4 Å². The molecule has 6 rings (SSSR count). The van der Waals surface area contributed by atoms with Gasteiger partial charge in [-0.05, 0) is 90.9 Å². The van der Waals surface area contributed by atoms with Gasteiger partial charge in [0.25, 0.3) is 0 Å². The molecule has 0 bridgehead atoms. The monoisotopic (exact) mass is 607 g/mol. The highest BCUT2D eigenvalue weighted by Gasteiger charge is 2.26. The molecular formula is C31H31Cl2N5O2S. The first-order valence-corrected chi connectivity index (χ1v) is 15.3. The van der Waals surface area contributed by atoms with Gasteiger partial charge in [0.2, 0.25) is 16.0 Å². The third-order valence-electron chi connectivity index (χ3n) is 7.46. The number of benzene rings is 4. The summed E-state index contributed by atoms with van der Waals surface area (Å²) in [5, 5.41) is 10.4. The van der Waals surface area contributed by atoms with Crippen LogP contribution in [-0.2, 0) is 10.0 Å². The van der Waals surface area contributed by atoms with Gasteiger partial charge in [0.15, 0.2) is 0 Å². The van der Waals surface area contributed by atoms with Gasteiger partial charge in [-0.2, -0.15) is 4.98 Å². The average Bonchev–Trinajstić information content (AvgIpc) is 2.97. The minimum Gasteiger partial charge on any atom is -0.354 e. The maximum absolute atomic E-state index is 13.1. The van der Waals surface area contributed by atoms with Crippen LogP contribution in [0.25, 0.3) is 21.7 Å². The lowest BCUT2D eigenvalue weighted by Crippen LogP contribution is -2.38. The van der Waals surface area contributed by atoms with Crippen molar-refractivity contribution in [2.75, 3.05) is 17.2 Å². The number of nitrogens with one attached hydrogen (secondary N) is 3. The standard InChI is InChI=1S/C31H30ClN5O2S.ClH/c32-24-12-16-25(17-13-24)34-30-28-7-3-4-8-29(28)35-31(36-30)33-20-21-9-14-26(15-10-21)37-40(38,39)27-18-11-22-5-1-2-6-23(22)19-27;/h1-8,11-13,16-19,21,26,37H,9-10,14-15,20H2,(H2,33,34,35,36);1H. The molecule has 0 unspecified atom stereocenters. The fourth-order valence-electron chi connectivity index (χ4n) is 5.26. The number of anilines is 3. The minimum absolute atomic E-state index is 0. The Balaban J connectivity index is 0.00000337. The highest BCUT2D eigenvalue weighted by Crippen LogP contribution is 2.29. The van der Waals surface area contributed by atoms with E-state index in [0.717, 1.165) is 65.4 Å². The Morgan fingerprint density at radius 1 is 0.805 bits per heavy atom. The van der Waals surface area contributed by atoms with E-state index in [9.17, 15) is 8.42 Å². The van der Waals surface area contributed by atoms with E-state index in [-0.39, 0.29) is 18.4 Å². The van der Waals surface area contributed by atoms with E-state index in [1.54, 1.807) is 12.1 Å². The molecule has 0 saturated heterocycles. The summed E-state index contributed by atoms with van der Waals surface area (Å²) in [5.74, 6) is 1.70. The minimum atomic E-state index is -3.58. The molecule has 1 aliphatic rings. The molecule has 1 fully saturated rings. The summed E-state index contributed by atoms with van der Waals surface area (Å²) >= 11 is 6.04. The molecule has 1 aliphatic carbocycles. The lowest BCUT2D eigenvalue weighted by atomic mass is 9.86. The number of aromatic nitrogens is 2. The lowest BCUT2D eigenvalue weighted by Gasteiger charge is -2.29. The van der Waals surface area contributed by atoms with Crippen molar-refractivity contribution in [3.8, 4) is 0 Å². The molecule has 4 aromatic carbocycles. The summed E-state index contributed by atoms with van der Waals surface area (Å²) in [4.78, 5) is 9.79. The highest BCUT2D eigenvalue weighted by molar-refractivity contribution is 7.89. The summed E-state index contributed by atoms with van der Waals surface area (Å²) in [5.41, 5.74) is 1.74. The number of sulfonamides is 1. The maximum atomic E-state index is 13.1. The van der Waals surface area contributed by atoms with E-state index in [0.29, 0.717) is 21.8 Å². The Kier molecular flexibility index (Phi) is 8.94. The Morgan fingerprint density at radius 2 is 1.51 bits per heavy atom. The van der Waals surface area contributed by atoms with E-state index in [1.807, 2.05) is 78.9 Å². The van der Waals surface area contributed by atoms with Crippen LogP contribution in [0.1, 0.15) is 25.7 Å². The van der Waals surface area contributed by atoms with E-state index in [2.05, 4.69) is 15.4 Å². The molecule has 1 aromatic heterocycles. The zero-order chi connectivity index (χ0) is 27.5. The summed E-state index contributed by atoms with van der Waals surface area (Å²) in [6, 6.07) is 28.4. The summed E-state index contributed by atoms with van der Waals surface area (Å²) < 4.78 is 29.1. The number of hydrogen-bond acceptors (Lipinski definition) is 6. The van der Waals surface area contributed by atoms with Crippen LogP contribution >= 0.6 is 24.0 Å². The first-order valence-electron chi connectivity index (χ1n) is 13.5. The molecule has 0 amide bonds. The molecule has 0 spiro atoms. The Hall–Kier alpha value is -3.43. The molecule has 1 heterocycles. The normalized spacial score (nSPS) is 17.2. The number of para-hydroxylation sites is 1. The Labute approximate surface area is 251 Å². The van der Waals surface area contributed by atoms with Gasteiger partial charge in [-0.3, -0.25) is 0 Å². The zero-order valence-corrected chi connectivity index (χ0v) is 24.6. The van der Waals surface area contributed by atoms with Crippen LogP contribution in [0.5, 0.6) is 0 Å². The van der Waals surface area contributed by atoms with Crippen molar-refractivity contribution < 1.29 is 8.42 Å². The van der Waals surface area contributed by atoms with Crippen LogP contribution < -0.4 is 15.4 Å². The summed E-state index contributed by atoms with van der Waals surface area (Å²) in [6.07, 6.45) is 3.42. The zero-order valence-electron chi connectivity index (χ0n) is 22.3. The van der Waals surface area contributed by atoms with Crippen LogP contribution in [0, 0.1) is 5.92 Å². The Morgan fingerprint density at radius 3 is 2.29 bits per heavy atom. The predicted octanol–water partition coefficient (Wildman–Crippen LogP) is 7.55. The lowest BCUT2D eigenvalue weighted by molar-refractivity contribution is 0.323. The SMILES string of the molecule is Cl.O=S(=O)(NC1CCC(CNc2nc(Nc3ccc(Cl)cc3)c3ccccc3n2)CC1)c1ccc2ccccc2c1. The van der Waals surface area contributed by atoms with E-state index >= 15 is 0 Å². The van der Waals surface area contributed by atoms with Crippen molar-refractivity contribution >= 4 is 73.2 Å². The number of hydrogen-bond donors (Lipinski definition) is 3. The second-order valence-electron chi connectivity index (χ2n) is 10.3. The van der Waals surface area contributed by atoms with Gasteiger partial charge < -0.3 is 10.6 Å².